The first-order valence-corrected chi connectivity index (χ1v) is 8.37. The minimum Gasteiger partial charge on any atom is -0.385 e. The Kier molecular flexibility index (Phi) is 3.13. The van der Waals surface area contributed by atoms with Gasteiger partial charge in [-0.1, -0.05) is 12.5 Å². The van der Waals surface area contributed by atoms with E-state index in [0.717, 1.165) is 24.3 Å². The van der Waals surface area contributed by atoms with Crippen molar-refractivity contribution < 1.29 is 0 Å². The highest BCUT2D eigenvalue weighted by Gasteiger charge is 2.39. The average molecular weight is 270 g/mol. The smallest absolute Gasteiger partial charge is 0.0393 e. The van der Waals surface area contributed by atoms with E-state index in [9.17, 15) is 0 Å². The lowest BCUT2D eigenvalue weighted by Crippen LogP contribution is -2.28. The fourth-order valence-electron chi connectivity index (χ4n) is 4.74. The van der Waals surface area contributed by atoms with Crippen molar-refractivity contribution in [3.63, 3.8) is 0 Å². The van der Waals surface area contributed by atoms with Crippen LogP contribution in [0.25, 0.3) is 0 Å². The molecule has 0 amide bonds. The van der Waals surface area contributed by atoms with Gasteiger partial charge in [0.25, 0.3) is 0 Å². The van der Waals surface area contributed by atoms with E-state index in [0.29, 0.717) is 0 Å². The maximum absolute atomic E-state index is 3.55. The molecule has 2 fully saturated rings. The zero-order valence-corrected chi connectivity index (χ0v) is 12.6. The van der Waals surface area contributed by atoms with E-state index >= 15 is 0 Å². The minimum atomic E-state index is 0.947. The van der Waals surface area contributed by atoms with Gasteiger partial charge >= 0.3 is 0 Å². The van der Waals surface area contributed by atoms with Crippen molar-refractivity contribution in [3.05, 3.63) is 23.8 Å². The molecular formula is C18H26N2. The molecule has 1 aromatic carbocycles. The number of nitrogens with zero attached hydrogens (tertiary/aromatic N) is 1. The molecule has 20 heavy (non-hydrogen) atoms. The fourth-order valence-corrected chi connectivity index (χ4v) is 4.74. The van der Waals surface area contributed by atoms with Crippen LogP contribution in [-0.2, 0) is 6.42 Å². The Hall–Kier alpha value is -1.18. The van der Waals surface area contributed by atoms with Crippen LogP contribution in [-0.4, -0.2) is 20.1 Å². The second kappa shape index (κ2) is 4.98. The predicted octanol–water partition coefficient (Wildman–Crippen LogP) is 3.92. The highest BCUT2D eigenvalue weighted by molar-refractivity contribution is 5.63. The van der Waals surface area contributed by atoms with Crippen LogP contribution in [0, 0.1) is 17.8 Å². The molecule has 2 saturated carbocycles. The summed E-state index contributed by atoms with van der Waals surface area (Å²) < 4.78 is 0. The van der Waals surface area contributed by atoms with Crippen LogP contribution in [0.4, 0.5) is 11.4 Å². The fraction of sp³-hybridized carbons (Fsp3) is 0.667. The summed E-state index contributed by atoms with van der Waals surface area (Å²) in [5.74, 6) is 3.03. The summed E-state index contributed by atoms with van der Waals surface area (Å²) in [7, 11) is 2.27. The second-order valence-electron chi connectivity index (χ2n) is 7.19. The Labute approximate surface area is 122 Å². The van der Waals surface area contributed by atoms with Gasteiger partial charge in [-0.2, -0.15) is 0 Å². The highest BCUT2D eigenvalue weighted by Crippen LogP contribution is 2.48. The van der Waals surface area contributed by atoms with Crippen molar-refractivity contribution in [2.45, 2.75) is 38.5 Å². The quantitative estimate of drug-likeness (QED) is 0.895. The zero-order chi connectivity index (χ0) is 13.5. The van der Waals surface area contributed by atoms with Crippen molar-refractivity contribution in [2.24, 2.45) is 17.8 Å². The van der Waals surface area contributed by atoms with E-state index in [1.165, 1.54) is 62.0 Å². The highest BCUT2D eigenvalue weighted by atomic mass is 15.1. The first-order chi connectivity index (χ1) is 9.79. The third-order valence-electron chi connectivity index (χ3n) is 5.87. The molecule has 3 aliphatic rings. The van der Waals surface area contributed by atoms with Gasteiger partial charge in [0.05, 0.1) is 0 Å². The molecule has 0 spiro atoms. The third kappa shape index (κ3) is 2.19. The van der Waals surface area contributed by atoms with Gasteiger partial charge in [0.2, 0.25) is 0 Å². The molecule has 1 aliphatic heterocycles. The molecule has 0 saturated heterocycles. The van der Waals surface area contributed by atoms with Crippen molar-refractivity contribution >= 4 is 11.4 Å². The number of hydrogen-bond acceptors (Lipinski definition) is 2. The van der Waals surface area contributed by atoms with Gasteiger partial charge in [-0.25, -0.2) is 0 Å². The van der Waals surface area contributed by atoms with Crippen molar-refractivity contribution in [3.8, 4) is 0 Å². The Morgan fingerprint density at radius 3 is 3.00 bits per heavy atom. The van der Waals surface area contributed by atoms with Crippen LogP contribution in [0.5, 0.6) is 0 Å². The van der Waals surface area contributed by atoms with Crippen LogP contribution >= 0.6 is 0 Å². The number of aryl methyl sites for hydroxylation is 1. The molecule has 0 radical (unpaired) electrons. The van der Waals surface area contributed by atoms with Gasteiger partial charge in [-0.3, -0.25) is 0 Å². The molecule has 0 aromatic heterocycles. The maximum atomic E-state index is 3.55. The van der Waals surface area contributed by atoms with E-state index in [1.807, 2.05) is 0 Å². The number of rotatable bonds is 3. The van der Waals surface area contributed by atoms with Crippen molar-refractivity contribution in [1.82, 2.24) is 0 Å². The number of benzene rings is 1. The van der Waals surface area contributed by atoms with Crippen LogP contribution in [0.2, 0.25) is 0 Å². The summed E-state index contributed by atoms with van der Waals surface area (Å²) in [6.07, 6.45) is 8.51. The summed E-state index contributed by atoms with van der Waals surface area (Å²) in [4.78, 5) is 2.49. The van der Waals surface area contributed by atoms with Crippen LogP contribution < -0.4 is 10.2 Å². The zero-order valence-electron chi connectivity index (χ0n) is 12.6. The van der Waals surface area contributed by atoms with E-state index < -0.39 is 0 Å². The minimum absolute atomic E-state index is 0.947. The first-order valence-electron chi connectivity index (χ1n) is 8.37. The normalized spacial score (nSPS) is 30.9. The van der Waals surface area contributed by atoms with Gasteiger partial charge in [-0.15, -0.1) is 0 Å². The molecule has 2 nitrogen and oxygen atoms in total. The van der Waals surface area contributed by atoms with Crippen molar-refractivity contribution in [2.75, 3.05) is 30.4 Å². The number of nitrogens with one attached hydrogen (secondary N) is 1. The summed E-state index contributed by atoms with van der Waals surface area (Å²) >= 11 is 0. The molecule has 1 N–H and O–H groups in total. The summed E-state index contributed by atoms with van der Waals surface area (Å²) in [6, 6.07) is 7.01. The molecule has 3 unspecified atom stereocenters. The van der Waals surface area contributed by atoms with Gasteiger partial charge < -0.3 is 10.2 Å². The molecular weight excluding hydrogens is 244 g/mol. The average Bonchev–Trinajstić information content (AvgIpc) is 3.09. The molecule has 108 valence electrons. The Morgan fingerprint density at radius 1 is 1.25 bits per heavy atom. The molecule has 3 atom stereocenters. The maximum Gasteiger partial charge on any atom is 0.0393 e. The Bertz CT molecular complexity index is 496. The summed E-state index contributed by atoms with van der Waals surface area (Å²) in [5, 5.41) is 3.55. The predicted molar refractivity (Wildman–Crippen MR) is 85.5 cm³/mol. The Morgan fingerprint density at radius 2 is 2.20 bits per heavy atom. The van der Waals surface area contributed by atoms with E-state index in [1.54, 1.807) is 0 Å². The molecule has 1 heterocycles. The standard InChI is InChI=1S/C18H26N2/c1-20(12-16-10-13-4-5-15(16)9-13)17-7-6-14-3-2-8-19-18(14)11-17/h6-7,11,13,15-16,19H,2-5,8-10,12H2,1H3. The lowest BCUT2D eigenvalue weighted by molar-refractivity contribution is 0.337. The van der Waals surface area contributed by atoms with E-state index in [4.69, 9.17) is 0 Å². The second-order valence-corrected chi connectivity index (χ2v) is 7.19. The molecule has 2 bridgehead atoms. The SMILES string of the molecule is CN(CC1CC2CCC1C2)c1ccc2c(c1)NCCC2. The lowest BCUT2D eigenvalue weighted by Gasteiger charge is -2.29. The molecule has 1 aromatic rings. The number of anilines is 2. The van der Waals surface area contributed by atoms with Crippen LogP contribution in [0.15, 0.2) is 18.2 Å². The van der Waals surface area contributed by atoms with Crippen LogP contribution in [0.1, 0.15) is 37.7 Å². The first kappa shape index (κ1) is 12.6. The third-order valence-corrected chi connectivity index (χ3v) is 5.87. The monoisotopic (exact) mass is 270 g/mol. The van der Waals surface area contributed by atoms with Gasteiger partial charge in [0, 0.05) is 31.5 Å². The number of fused-ring (bicyclic) bond motifs is 3. The van der Waals surface area contributed by atoms with E-state index in [-0.39, 0.29) is 0 Å². The summed E-state index contributed by atoms with van der Waals surface area (Å²) in [5.41, 5.74) is 4.25. The number of hydrogen-bond donors (Lipinski definition) is 1. The summed E-state index contributed by atoms with van der Waals surface area (Å²) in [6.45, 7) is 2.38. The van der Waals surface area contributed by atoms with Gasteiger partial charge in [0.1, 0.15) is 0 Å². The van der Waals surface area contributed by atoms with Crippen LogP contribution in [0.3, 0.4) is 0 Å². The lowest BCUT2D eigenvalue weighted by atomic mass is 9.88. The van der Waals surface area contributed by atoms with E-state index in [2.05, 4.69) is 35.5 Å². The molecule has 2 heteroatoms. The van der Waals surface area contributed by atoms with Crippen molar-refractivity contribution in [1.29, 1.82) is 0 Å². The topological polar surface area (TPSA) is 15.3 Å². The van der Waals surface area contributed by atoms with Gasteiger partial charge in [-0.05, 0) is 67.6 Å². The van der Waals surface area contributed by atoms with Gasteiger partial charge in [0.15, 0.2) is 0 Å². The Balaban J connectivity index is 1.46. The largest absolute Gasteiger partial charge is 0.385 e. The molecule has 2 aliphatic carbocycles. The molecule has 4 rings (SSSR count).